The molecule has 2 amide bonds. The van der Waals surface area contributed by atoms with Gasteiger partial charge in [0.05, 0.1) is 19.7 Å². The van der Waals surface area contributed by atoms with Gasteiger partial charge in [-0.1, -0.05) is 18.2 Å². The van der Waals surface area contributed by atoms with Crippen molar-refractivity contribution in [2.75, 3.05) is 39.4 Å². The highest BCUT2D eigenvalue weighted by molar-refractivity contribution is 5.93. The Balaban J connectivity index is 1.57. The molecule has 1 aromatic carbocycles. The van der Waals surface area contributed by atoms with Gasteiger partial charge in [-0.25, -0.2) is 9.97 Å². The van der Waals surface area contributed by atoms with E-state index in [1.54, 1.807) is 29.0 Å². The van der Waals surface area contributed by atoms with Crippen LogP contribution in [0.4, 0.5) is 0 Å². The number of likely N-dealkylation sites (N-methyl/N-ethyl adjacent to an activating group) is 1. The molecule has 1 aromatic heterocycles. The Hall–Kier alpha value is -3.00. The second-order valence-electron chi connectivity index (χ2n) is 8.61. The summed E-state index contributed by atoms with van der Waals surface area (Å²) in [6.45, 7) is 6.12. The van der Waals surface area contributed by atoms with Crippen molar-refractivity contribution in [3.05, 3.63) is 53.6 Å². The van der Waals surface area contributed by atoms with Gasteiger partial charge < -0.3 is 19.3 Å². The number of aromatic nitrogens is 2. The van der Waals surface area contributed by atoms with Crippen molar-refractivity contribution in [2.24, 2.45) is 0 Å². The van der Waals surface area contributed by atoms with Crippen molar-refractivity contribution in [1.29, 1.82) is 0 Å². The van der Waals surface area contributed by atoms with Gasteiger partial charge in [0.2, 0.25) is 0 Å². The molecular formula is C25H32N4O4. The summed E-state index contributed by atoms with van der Waals surface area (Å²) in [5.41, 5.74) is 0.476. The van der Waals surface area contributed by atoms with Crippen molar-refractivity contribution in [3.8, 4) is 5.75 Å². The summed E-state index contributed by atoms with van der Waals surface area (Å²) in [5, 5.41) is 0. The molecule has 1 unspecified atom stereocenters. The number of aryl methyl sites for hydroxylation is 2. The molecule has 1 spiro atoms. The lowest BCUT2D eigenvalue weighted by molar-refractivity contribution is -0.170. The van der Waals surface area contributed by atoms with E-state index in [9.17, 15) is 9.59 Å². The molecule has 0 aliphatic carbocycles. The summed E-state index contributed by atoms with van der Waals surface area (Å²) < 4.78 is 12.2. The Morgan fingerprint density at radius 1 is 1.15 bits per heavy atom. The second-order valence-corrected chi connectivity index (χ2v) is 8.61. The van der Waals surface area contributed by atoms with Crippen LogP contribution in [-0.2, 0) is 16.0 Å². The lowest BCUT2D eigenvalue weighted by Gasteiger charge is -2.44. The van der Waals surface area contributed by atoms with Gasteiger partial charge in [0.1, 0.15) is 23.9 Å². The molecule has 0 N–H and O–H groups in total. The van der Waals surface area contributed by atoms with Crippen LogP contribution in [0, 0.1) is 6.92 Å². The zero-order valence-corrected chi connectivity index (χ0v) is 19.5. The Labute approximate surface area is 194 Å². The van der Waals surface area contributed by atoms with Crippen LogP contribution in [0.15, 0.2) is 36.5 Å². The summed E-state index contributed by atoms with van der Waals surface area (Å²) in [7, 11) is 0. The SMILES string of the molecule is CCN1CCOc2ccccc2CCCCC2(CN(C(=O)c3ccnc(C)n3)CCO2)C1=O. The number of hydrogen-bond donors (Lipinski definition) is 0. The quantitative estimate of drug-likeness (QED) is 0.697. The maximum atomic E-state index is 13.8. The number of morpholine rings is 1. The van der Waals surface area contributed by atoms with Crippen LogP contribution in [0.5, 0.6) is 5.75 Å². The summed E-state index contributed by atoms with van der Waals surface area (Å²) in [5.74, 6) is 1.17. The third-order valence-corrected chi connectivity index (χ3v) is 6.39. The molecular weight excluding hydrogens is 420 g/mol. The third-order valence-electron chi connectivity index (χ3n) is 6.39. The van der Waals surface area contributed by atoms with E-state index in [-0.39, 0.29) is 18.4 Å². The first kappa shape index (κ1) is 23.2. The van der Waals surface area contributed by atoms with E-state index < -0.39 is 5.60 Å². The molecule has 0 bridgehead atoms. The minimum Gasteiger partial charge on any atom is -0.491 e. The van der Waals surface area contributed by atoms with Crippen LogP contribution in [0.2, 0.25) is 0 Å². The number of rotatable bonds is 2. The van der Waals surface area contributed by atoms with Crippen molar-refractivity contribution in [2.45, 2.75) is 45.1 Å². The molecule has 2 aliphatic rings. The van der Waals surface area contributed by atoms with Gasteiger partial charge in [-0.05, 0) is 57.2 Å². The van der Waals surface area contributed by atoms with Gasteiger partial charge in [-0.3, -0.25) is 9.59 Å². The van der Waals surface area contributed by atoms with E-state index in [0.29, 0.717) is 50.8 Å². The van der Waals surface area contributed by atoms with Gasteiger partial charge in [0, 0.05) is 19.3 Å². The molecule has 3 heterocycles. The predicted octanol–water partition coefficient (Wildman–Crippen LogP) is 2.65. The zero-order chi connectivity index (χ0) is 23.3. The standard InChI is InChI=1S/C25H32N4O4/c1-3-28-14-16-32-22-10-5-4-8-20(22)9-6-7-12-25(24(28)31)18-29(15-17-33-25)23(30)21-11-13-26-19(2)27-21/h4-5,8,10-11,13H,3,6-7,9,12,14-18H2,1-2H3. The largest absolute Gasteiger partial charge is 0.491 e. The van der Waals surface area contributed by atoms with Crippen molar-refractivity contribution in [3.63, 3.8) is 0 Å². The summed E-state index contributed by atoms with van der Waals surface area (Å²) in [6, 6.07) is 9.71. The predicted molar refractivity (Wildman–Crippen MR) is 123 cm³/mol. The van der Waals surface area contributed by atoms with Crippen LogP contribution < -0.4 is 4.74 Å². The maximum absolute atomic E-state index is 13.8. The fourth-order valence-corrected chi connectivity index (χ4v) is 4.62. The summed E-state index contributed by atoms with van der Waals surface area (Å²) >= 11 is 0. The Bertz CT molecular complexity index is 998. The average molecular weight is 453 g/mol. The van der Waals surface area contributed by atoms with Crippen LogP contribution >= 0.6 is 0 Å². The van der Waals surface area contributed by atoms with Crippen LogP contribution in [0.1, 0.15) is 48.1 Å². The number of ether oxygens (including phenoxy) is 2. The molecule has 0 saturated carbocycles. The fourth-order valence-electron chi connectivity index (χ4n) is 4.62. The van der Waals surface area contributed by atoms with Gasteiger partial charge in [-0.15, -0.1) is 0 Å². The molecule has 176 valence electrons. The first-order valence-electron chi connectivity index (χ1n) is 11.8. The molecule has 8 nitrogen and oxygen atoms in total. The first-order chi connectivity index (χ1) is 16.0. The molecule has 1 fully saturated rings. The number of carbonyl (C=O) groups excluding carboxylic acids is 2. The molecule has 1 saturated heterocycles. The molecule has 1 atom stereocenters. The van der Waals surface area contributed by atoms with Gasteiger partial charge in [0.15, 0.2) is 5.60 Å². The minimum absolute atomic E-state index is 0.0705. The van der Waals surface area contributed by atoms with E-state index >= 15 is 0 Å². The zero-order valence-electron chi connectivity index (χ0n) is 19.5. The van der Waals surface area contributed by atoms with Crippen LogP contribution in [0.3, 0.4) is 0 Å². The Morgan fingerprint density at radius 3 is 2.82 bits per heavy atom. The molecule has 8 heteroatoms. The van der Waals surface area contributed by atoms with E-state index in [2.05, 4.69) is 16.0 Å². The van der Waals surface area contributed by atoms with Crippen molar-refractivity contribution >= 4 is 11.8 Å². The number of nitrogens with zero attached hydrogens (tertiary/aromatic N) is 4. The number of amides is 2. The van der Waals surface area contributed by atoms with Gasteiger partial charge in [-0.2, -0.15) is 0 Å². The highest BCUT2D eigenvalue weighted by Gasteiger charge is 2.46. The Morgan fingerprint density at radius 2 is 2.00 bits per heavy atom. The Kier molecular flexibility index (Phi) is 7.23. The highest BCUT2D eigenvalue weighted by atomic mass is 16.5. The highest BCUT2D eigenvalue weighted by Crippen LogP contribution is 2.30. The molecule has 33 heavy (non-hydrogen) atoms. The normalized spacial score (nSPS) is 22.2. The molecule has 4 rings (SSSR count). The van der Waals surface area contributed by atoms with Crippen molar-refractivity contribution < 1.29 is 19.1 Å². The summed E-state index contributed by atoms with van der Waals surface area (Å²) in [4.78, 5) is 38.8. The monoisotopic (exact) mass is 452 g/mol. The molecule has 0 radical (unpaired) electrons. The number of benzene rings is 1. The number of para-hydroxylation sites is 1. The number of hydrogen-bond acceptors (Lipinski definition) is 6. The second kappa shape index (κ2) is 10.3. The fraction of sp³-hybridized carbons (Fsp3) is 0.520. The van der Waals surface area contributed by atoms with Gasteiger partial charge in [0.25, 0.3) is 11.8 Å². The minimum atomic E-state index is -1.05. The van der Waals surface area contributed by atoms with Crippen LogP contribution in [-0.4, -0.2) is 76.6 Å². The topological polar surface area (TPSA) is 84.9 Å². The smallest absolute Gasteiger partial charge is 0.272 e. The van der Waals surface area contributed by atoms with E-state index in [4.69, 9.17) is 9.47 Å². The lowest BCUT2D eigenvalue weighted by Crippen LogP contribution is -2.62. The maximum Gasteiger partial charge on any atom is 0.272 e. The number of carbonyl (C=O) groups is 2. The average Bonchev–Trinajstić information content (AvgIpc) is 2.84. The summed E-state index contributed by atoms with van der Waals surface area (Å²) in [6.07, 6.45) is 4.75. The number of fused-ring (bicyclic) bond motifs is 1. The van der Waals surface area contributed by atoms with E-state index in [0.717, 1.165) is 25.0 Å². The van der Waals surface area contributed by atoms with Gasteiger partial charge >= 0.3 is 0 Å². The third kappa shape index (κ3) is 5.16. The van der Waals surface area contributed by atoms with Crippen LogP contribution in [0.25, 0.3) is 0 Å². The van der Waals surface area contributed by atoms with E-state index in [1.807, 2.05) is 25.1 Å². The molecule has 2 aliphatic heterocycles. The first-order valence-corrected chi connectivity index (χ1v) is 11.8. The van der Waals surface area contributed by atoms with E-state index in [1.165, 1.54) is 5.56 Å². The molecule has 2 aromatic rings. The van der Waals surface area contributed by atoms with Crippen molar-refractivity contribution in [1.82, 2.24) is 19.8 Å². The lowest BCUT2D eigenvalue weighted by atomic mass is 9.91.